The van der Waals surface area contributed by atoms with Crippen molar-refractivity contribution in [2.24, 2.45) is 4.99 Å². The van der Waals surface area contributed by atoms with Gasteiger partial charge in [0.15, 0.2) is 4.80 Å². The summed E-state index contributed by atoms with van der Waals surface area (Å²) in [6.45, 7) is 3.14. The Morgan fingerprint density at radius 2 is 2.22 bits per heavy atom. The average molecular weight is 325 g/mol. The van der Waals surface area contributed by atoms with Crippen molar-refractivity contribution in [2.45, 2.75) is 13.6 Å². The number of aromatic nitrogens is 1. The first kappa shape index (κ1) is 14.0. The minimum Gasteiger partial charge on any atom is -0.465 e. The van der Waals surface area contributed by atoms with E-state index in [1.807, 2.05) is 18.2 Å². The van der Waals surface area contributed by atoms with Gasteiger partial charge in [-0.05, 0) is 36.8 Å². The molecule has 3 heterocycles. The van der Waals surface area contributed by atoms with E-state index in [9.17, 15) is 4.79 Å². The molecule has 23 heavy (non-hydrogen) atoms. The van der Waals surface area contributed by atoms with Gasteiger partial charge in [0.2, 0.25) is 0 Å². The predicted octanol–water partition coefficient (Wildman–Crippen LogP) is 1.69. The number of aryl methyl sites for hydroxylation is 1. The Morgan fingerprint density at radius 1 is 1.30 bits per heavy atom. The zero-order valence-electron chi connectivity index (χ0n) is 12.6. The molecule has 4 rings (SSSR count). The molecule has 0 radical (unpaired) electrons. The smallest absolute Gasteiger partial charge is 0.271 e. The molecule has 0 saturated heterocycles. The monoisotopic (exact) mass is 325 g/mol. The Hall–Kier alpha value is -2.60. The molecule has 0 saturated carbocycles. The van der Waals surface area contributed by atoms with Crippen LogP contribution in [-0.2, 0) is 6.67 Å². The largest absolute Gasteiger partial charge is 0.465 e. The maximum absolute atomic E-state index is 12.6. The van der Waals surface area contributed by atoms with E-state index in [1.54, 1.807) is 23.0 Å². The van der Waals surface area contributed by atoms with Crippen LogP contribution in [0.1, 0.15) is 11.3 Å². The minimum atomic E-state index is -0.0255. The quantitative estimate of drug-likeness (QED) is 0.720. The number of anilines is 1. The Labute approximate surface area is 136 Å². The Bertz CT molecular complexity index is 1020. The molecule has 0 spiro atoms. The van der Waals surface area contributed by atoms with Crippen molar-refractivity contribution in [3.8, 4) is 0 Å². The summed E-state index contributed by atoms with van der Waals surface area (Å²) >= 11 is 1.40. The van der Waals surface area contributed by atoms with Gasteiger partial charge in [0.25, 0.3) is 5.56 Å². The molecule has 0 fully saturated rings. The van der Waals surface area contributed by atoms with E-state index in [0.29, 0.717) is 23.6 Å². The molecule has 0 amide bonds. The molecule has 2 aromatic heterocycles. The zero-order valence-corrected chi connectivity index (χ0v) is 13.4. The van der Waals surface area contributed by atoms with Gasteiger partial charge < -0.3 is 9.32 Å². The van der Waals surface area contributed by atoms with Gasteiger partial charge in [-0.15, -0.1) is 0 Å². The third kappa shape index (κ3) is 2.61. The van der Waals surface area contributed by atoms with Crippen LogP contribution in [0, 0.1) is 6.92 Å². The number of furan rings is 1. The first-order chi connectivity index (χ1) is 11.2. The van der Waals surface area contributed by atoms with Crippen LogP contribution in [0.3, 0.4) is 0 Å². The normalized spacial score (nSPS) is 14.7. The highest BCUT2D eigenvalue weighted by atomic mass is 32.1. The molecule has 1 aromatic carbocycles. The predicted molar refractivity (Wildman–Crippen MR) is 90.2 cm³/mol. The van der Waals surface area contributed by atoms with Crippen molar-refractivity contribution in [3.63, 3.8) is 0 Å². The molecular weight excluding hydrogens is 310 g/mol. The second-order valence-electron chi connectivity index (χ2n) is 5.46. The summed E-state index contributed by atoms with van der Waals surface area (Å²) in [5.74, 6) is 0.678. The molecule has 0 aliphatic carbocycles. The van der Waals surface area contributed by atoms with Gasteiger partial charge >= 0.3 is 0 Å². The summed E-state index contributed by atoms with van der Waals surface area (Å²) in [6.07, 6.45) is 3.37. The number of hydrogen-bond donors (Lipinski definition) is 0. The number of rotatable bonds is 2. The van der Waals surface area contributed by atoms with E-state index in [-0.39, 0.29) is 5.56 Å². The Morgan fingerprint density at radius 3 is 3.00 bits per heavy atom. The molecule has 1 aliphatic rings. The first-order valence-electron chi connectivity index (χ1n) is 7.32. The van der Waals surface area contributed by atoms with Crippen LogP contribution in [0.5, 0.6) is 0 Å². The van der Waals surface area contributed by atoms with Gasteiger partial charge in [-0.1, -0.05) is 23.5 Å². The Kier molecular flexibility index (Phi) is 3.38. The number of fused-ring (bicyclic) bond motifs is 1. The summed E-state index contributed by atoms with van der Waals surface area (Å²) in [4.78, 5) is 20.0. The van der Waals surface area contributed by atoms with Gasteiger partial charge in [-0.2, -0.15) is 0 Å². The van der Waals surface area contributed by atoms with Crippen molar-refractivity contribution >= 4 is 23.1 Å². The molecule has 1 aliphatic heterocycles. The van der Waals surface area contributed by atoms with Gasteiger partial charge in [-0.3, -0.25) is 9.36 Å². The summed E-state index contributed by atoms with van der Waals surface area (Å²) in [5, 5.41) is 0. The maximum atomic E-state index is 12.6. The number of benzene rings is 1. The molecular formula is C17H15N3O2S. The second kappa shape index (κ2) is 5.55. The lowest BCUT2D eigenvalue weighted by molar-refractivity contribution is 0.556. The molecule has 0 bridgehead atoms. The third-order valence-corrected chi connectivity index (χ3v) is 4.80. The van der Waals surface area contributed by atoms with E-state index in [1.165, 1.54) is 16.9 Å². The number of hydrogen-bond acceptors (Lipinski definition) is 5. The van der Waals surface area contributed by atoms with Crippen molar-refractivity contribution < 1.29 is 4.42 Å². The van der Waals surface area contributed by atoms with Gasteiger partial charge in [-0.25, -0.2) is 4.99 Å². The van der Waals surface area contributed by atoms with E-state index in [4.69, 9.17) is 4.42 Å². The topological polar surface area (TPSA) is 50.7 Å². The van der Waals surface area contributed by atoms with E-state index < -0.39 is 0 Å². The molecule has 0 unspecified atom stereocenters. The summed E-state index contributed by atoms with van der Waals surface area (Å²) in [7, 11) is 0. The Balaban J connectivity index is 1.74. The lowest BCUT2D eigenvalue weighted by atomic mass is 10.2. The number of thiazole rings is 1. The molecule has 0 atom stereocenters. The molecule has 3 aromatic rings. The summed E-state index contributed by atoms with van der Waals surface area (Å²) in [6, 6.07) is 11.9. The minimum absolute atomic E-state index is 0.0255. The van der Waals surface area contributed by atoms with Crippen molar-refractivity contribution in [2.75, 3.05) is 11.6 Å². The van der Waals surface area contributed by atoms with Gasteiger partial charge in [0.1, 0.15) is 19.1 Å². The van der Waals surface area contributed by atoms with Crippen LogP contribution in [0.2, 0.25) is 0 Å². The van der Waals surface area contributed by atoms with Crippen LogP contribution in [0.15, 0.2) is 56.9 Å². The lowest BCUT2D eigenvalue weighted by Gasteiger charge is -2.25. The first-order valence-corrected chi connectivity index (χ1v) is 8.13. The highest BCUT2D eigenvalue weighted by Crippen LogP contribution is 2.17. The summed E-state index contributed by atoms with van der Waals surface area (Å²) < 4.78 is 7.65. The molecule has 5 nitrogen and oxygen atoms in total. The fraction of sp³-hybridized carbons (Fsp3) is 0.176. The van der Waals surface area contributed by atoms with Gasteiger partial charge in [0, 0.05) is 11.8 Å². The fourth-order valence-electron chi connectivity index (χ4n) is 2.60. The van der Waals surface area contributed by atoms with Crippen molar-refractivity contribution in [1.82, 2.24) is 4.57 Å². The van der Waals surface area contributed by atoms with E-state index >= 15 is 0 Å². The van der Waals surface area contributed by atoms with Crippen LogP contribution in [0.25, 0.3) is 6.08 Å². The highest BCUT2D eigenvalue weighted by molar-refractivity contribution is 7.07. The summed E-state index contributed by atoms with van der Waals surface area (Å²) in [5.41, 5.74) is 2.24. The van der Waals surface area contributed by atoms with E-state index in [2.05, 4.69) is 28.9 Å². The van der Waals surface area contributed by atoms with Crippen LogP contribution < -0.4 is 19.8 Å². The van der Waals surface area contributed by atoms with Crippen LogP contribution in [0.4, 0.5) is 5.69 Å². The SMILES string of the molecule is Cc1cccc(N2CN=c3s/c(=C\c4ccco4)c(=O)n3C2)c1. The standard InChI is InChI=1S/C17H15N3O2S/c1-12-4-2-5-13(8-12)19-10-18-17-20(11-19)16(21)15(23-17)9-14-6-3-7-22-14/h2-9H,10-11H2,1H3/b15-9-. The van der Waals surface area contributed by atoms with Gasteiger partial charge in [0.05, 0.1) is 10.8 Å². The molecule has 6 heteroatoms. The second-order valence-corrected chi connectivity index (χ2v) is 6.47. The maximum Gasteiger partial charge on any atom is 0.271 e. The van der Waals surface area contributed by atoms with Crippen molar-refractivity contribution in [3.05, 3.63) is 73.7 Å². The number of nitrogens with zero attached hydrogens (tertiary/aromatic N) is 3. The highest BCUT2D eigenvalue weighted by Gasteiger charge is 2.16. The molecule has 0 N–H and O–H groups in total. The average Bonchev–Trinajstić information content (AvgIpc) is 3.17. The lowest BCUT2D eigenvalue weighted by Crippen LogP contribution is -2.42. The third-order valence-electron chi connectivity index (χ3n) is 3.76. The zero-order chi connectivity index (χ0) is 15.8. The van der Waals surface area contributed by atoms with Crippen molar-refractivity contribution in [1.29, 1.82) is 0 Å². The van der Waals surface area contributed by atoms with E-state index in [0.717, 1.165) is 10.5 Å². The molecule has 116 valence electrons. The fourth-order valence-corrected chi connectivity index (χ4v) is 3.54. The van der Waals surface area contributed by atoms with Crippen LogP contribution in [-0.4, -0.2) is 11.2 Å². The van der Waals surface area contributed by atoms with Crippen LogP contribution >= 0.6 is 11.3 Å².